The van der Waals surface area contributed by atoms with Crippen molar-refractivity contribution in [3.8, 4) is 0 Å². The van der Waals surface area contributed by atoms with Crippen molar-refractivity contribution >= 4 is 23.9 Å². The molecule has 0 radical (unpaired) electrons. The van der Waals surface area contributed by atoms with Crippen LogP contribution in [0.3, 0.4) is 0 Å². The van der Waals surface area contributed by atoms with Gasteiger partial charge in [0.15, 0.2) is 5.70 Å². The topological polar surface area (TPSA) is 73.6 Å². The zero-order chi connectivity index (χ0) is 17.4. The van der Waals surface area contributed by atoms with Crippen LogP contribution in [0.1, 0.15) is 34.2 Å². The van der Waals surface area contributed by atoms with Crippen LogP contribution in [0.15, 0.2) is 35.0 Å². The Balaban J connectivity index is 2.04. The maximum atomic E-state index is 13.8. The molecule has 0 fully saturated rings. The Morgan fingerprint density at radius 2 is 2.00 bits per heavy atom. The second-order valence-electron chi connectivity index (χ2n) is 5.33. The average Bonchev–Trinajstić information content (AvgIpc) is 3.03. The van der Waals surface area contributed by atoms with Crippen LogP contribution in [-0.4, -0.2) is 27.6 Å². The summed E-state index contributed by atoms with van der Waals surface area (Å²) in [6.45, 7) is 4.84. The summed E-state index contributed by atoms with van der Waals surface area (Å²) in [5.41, 5.74) is 1.92. The highest BCUT2D eigenvalue weighted by molar-refractivity contribution is 6.13. The van der Waals surface area contributed by atoms with E-state index in [9.17, 15) is 14.0 Å². The number of ether oxygens (including phenoxy) is 1. The van der Waals surface area contributed by atoms with Gasteiger partial charge in [-0.2, -0.15) is 5.10 Å². The lowest BCUT2D eigenvalue weighted by Gasteiger charge is -1.99. The first-order valence-electron chi connectivity index (χ1n) is 7.23. The molecule has 0 spiro atoms. The van der Waals surface area contributed by atoms with Gasteiger partial charge in [-0.1, -0.05) is 12.1 Å². The van der Waals surface area contributed by atoms with Gasteiger partial charge in [0.05, 0.1) is 17.0 Å². The molecule has 0 bridgehead atoms. The number of aliphatic imine (C=N–C) groups is 1. The number of aryl methyl sites for hydroxylation is 1. The quantitative estimate of drug-likeness (QED) is 0.628. The molecule has 1 aromatic carbocycles. The van der Waals surface area contributed by atoms with Crippen LogP contribution in [0, 0.1) is 19.7 Å². The monoisotopic (exact) mass is 327 g/mol. The summed E-state index contributed by atoms with van der Waals surface area (Å²) in [6.07, 6.45) is 1.49. The van der Waals surface area contributed by atoms with E-state index in [0.717, 1.165) is 0 Å². The fraction of sp³-hybridized carbons (Fsp3) is 0.176. The van der Waals surface area contributed by atoms with Crippen LogP contribution in [0.25, 0.3) is 6.08 Å². The van der Waals surface area contributed by atoms with Crippen LogP contribution in [0.2, 0.25) is 0 Å². The van der Waals surface area contributed by atoms with E-state index in [1.165, 1.54) is 35.9 Å². The molecule has 0 unspecified atom stereocenters. The normalized spacial score (nSPS) is 15.6. The van der Waals surface area contributed by atoms with Gasteiger partial charge in [0.25, 0.3) is 0 Å². The molecule has 0 atom stereocenters. The van der Waals surface area contributed by atoms with E-state index >= 15 is 0 Å². The predicted octanol–water partition coefficient (Wildman–Crippen LogP) is 2.64. The Kier molecular flexibility index (Phi) is 3.84. The molecular weight excluding hydrogens is 313 g/mol. The van der Waals surface area contributed by atoms with Crippen molar-refractivity contribution in [2.24, 2.45) is 4.99 Å². The molecule has 3 rings (SSSR count). The van der Waals surface area contributed by atoms with E-state index in [1.807, 2.05) is 0 Å². The number of halogens is 1. The van der Waals surface area contributed by atoms with Gasteiger partial charge in [0.1, 0.15) is 5.82 Å². The standard InChI is InChI=1S/C17H14FN3O3/c1-9-13(10(2)21(20-9)11(3)22)8-15-17(23)24-16(19-15)12-6-4-5-7-14(12)18/h4-8H,1-3H3/b15-8-. The number of aromatic nitrogens is 2. The SMILES string of the molecule is CC(=O)n1nc(C)c(/C=C2\N=C(c3ccccc3F)OC2=O)c1C. The Morgan fingerprint density at radius 1 is 1.29 bits per heavy atom. The second kappa shape index (κ2) is 5.84. The summed E-state index contributed by atoms with van der Waals surface area (Å²) < 4.78 is 20.1. The first-order valence-corrected chi connectivity index (χ1v) is 7.23. The summed E-state index contributed by atoms with van der Waals surface area (Å²) in [5, 5.41) is 4.13. The lowest BCUT2D eigenvalue weighted by atomic mass is 10.1. The third-order valence-electron chi connectivity index (χ3n) is 3.65. The lowest BCUT2D eigenvalue weighted by molar-refractivity contribution is -0.129. The fourth-order valence-electron chi connectivity index (χ4n) is 2.47. The zero-order valence-corrected chi connectivity index (χ0v) is 13.3. The second-order valence-corrected chi connectivity index (χ2v) is 5.33. The van der Waals surface area contributed by atoms with Crippen LogP contribution in [-0.2, 0) is 9.53 Å². The number of rotatable bonds is 2. The third-order valence-corrected chi connectivity index (χ3v) is 3.65. The van der Waals surface area contributed by atoms with Gasteiger partial charge in [0, 0.05) is 12.5 Å². The minimum Gasteiger partial charge on any atom is -0.402 e. The minimum atomic E-state index is -0.678. The Hall–Kier alpha value is -3.09. The highest BCUT2D eigenvalue weighted by Crippen LogP contribution is 2.23. The number of nitrogens with zero attached hydrogens (tertiary/aromatic N) is 3. The van der Waals surface area contributed by atoms with Crippen molar-refractivity contribution in [2.75, 3.05) is 0 Å². The van der Waals surface area contributed by atoms with Gasteiger partial charge >= 0.3 is 5.97 Å². The van der Waals surface area contributed by atoms with Crippen molar-refractivity contribution in [3.63, 3.8) is 0 Å². The molecule has 7 heteroatoms. The molecule has 2 heterocycles. The van der Waals surface area contributed by atoms with Gasteiger partial charge in [0.2, 0.25) is 11.8 Å². The maximum absolute atomic E-state index is 13.8. The maximum Gasteiger partial charge on any atom is 0.363 e. The number of hydrogen-bond acceptors (Lipinski definition) is 5. The molecule has 0 saturated carbocycles. The molecule has 0 saturated heterocycles. The highest BCUT2D eigenvalue weighted by Gasteiger charge is 2.27. The third kappa shape index (κ3) is 2.64. The van der Waals surface area contributed by atoms with Crippen molar-refractivity contribution in [2.45, 2.75) is 20.8 Å². The van der Waals surface area contributed by atoms with Gasteiger partial charge < -0.3 is 4.74 Å². The fourth-order valence-corrected chi connectivity index (χ4v) is 2.47. The van der Waals surface area contributed by atoms with Gasteiger partial charge in [-0.05, 0) is 32.1 Å². The molecule has 24 heavy (non-hydrogen) atoms. The number of benzene rings is 1. The summed E-state index contributed by atoms with van der Waals surface area (Å²) in [4.78, 5) is 27.6. The van der Waals surface area contributed by atoms with E-state index in [4.69, 9.17) is 4.74 Å². The van der Waals surface area contributed by atoms with E-state index in [2.05, 4.69) is 10.1 Å². The predicted molar refractivity (Wildman–Crippen MR) is 85.0 cm³/mol. The number of cyclic esters (lactones) is 1. The molecule has 0 aliphatic carbocycles. The number of carbonyl (C=O) groups excluding carboxylic acids is 2. The molecule has 1 aliphatic heterocycles. The number of carbonyl (C=O) groups is 2. The first kappa shape index (κ1) is 15.8. The van der Waals surface area contributed by atoms with Gasteiger partial charge in [-0.25, -0.2) is 18.9 Å². The summed E-state index contributed by atoms with van der Waals surface area (Å²) in [7, 11) is 0. The van der Waals surface area contributed by atoms with E-state index in [1.54, 1.807) is 19.9 Å². The van der Waals surface area contributed by atoms with Gasteiger partial charge in [-0.3, -0.25) is 4.79 Å². The van der Waals surface area contributed by atoms with Crippen molar-refractivity contribution < 1.29 is 18.7 Å². The first-order chi connectivity index (χ1) is 11.4. The summed E-state index contributed by atoms with van der Waals surface area (Å²) >= 11 is 0. The van der Waals surface area contributed by atoms with E-state index in [0.29, 0.717) is 17.0 Å². The van der Waals surface area contributed by atoms with Crippen LogP contribution >= 0.6 is 0 Å². The Morgan fingerprint density at radius 3 is 2.62 bits per heavy atom. The molecule has 1 aromatic heterocycles. The smallest absolute Gasteiger partial charge is 0.363 e. The zero-order valence-electron chi connectivity index (χ0n) is 13.3. The molecule has 2 aromatic rings. The Labute approximate surface area is 137 Å². The van der Waals surface area contributed by atoms with Crippen molar-refractivity contribution in [3.05, 3.63) is 58.3 Å². The van der Waals surface area contributed by atoms with Crippen LogP contribution in [0.4, 0.5) is 4.39 Å². The molecule has 0 N–H and O–H groups in total. The molecule has 122 valence electrons. The van der Waals surface area contributed by atoms with E-state index < -0.39 is 11.8 Å². The van der Waals surface area contributed by atoms with Crippen LogP contribution < -0.4 is 0 Å². The largest absolute Gasteiger partial charge is 0.402 e. The number of hydrogen-bond donors (Lipinski definition) is 0. The highest BCUT2D eigenvalue weighted by atomic mass is 19.1. The number of esters is 1. The average molecular weight is 327 g/mol. The van der Waals surface area contributed by atoms with E-state index in [-0.39, 0.29) is 23.1 Å². The lowest BCUT2D eigenvalue weighted by Crippen LogP contribution is -2.09. The van der Waals surface area contributed by atoms with Crippen LogP contribution in [0.5, 0.6) is 0 Å². The molecular formula is C17H14FN3O3. The van der Waals surface area contributed by atoms with Crippen molar-refractivity contribution in [1.82, 2.24) is 9.78 Å². The summed E-state index contributed by atoms with van der Waals surface area (Å²) in [6, 6.07) is 5.91. The minimum absolute atomic E-state index is 0.0301. The Bertz CT molecular complexity index is 925. The molecule has 0 amide bonds. The summed E-state index contributed by atoms with van der Waals surface area (Å²) in [5.74, 6) is -1.52. The van der Waals surface area contributed by atoms with Crippen molar-refractivity contribution in [1.29, 1.82) is 0 Å². The van der Waals surface area contributed by atoms with Gasteiger partial charge in [-0.15, -0.1) is 0 Å². The molecule has 6 nitrogen and oxygen atoms in total. The molecule has 1 aliphatic rings.